The van der Waals surface area contributed by atoms with Gasteiger partial charge in [-0.15, -0.1) is 0 Å². The maximum absolute atomic E-state index is 12.5. The van der Waals surface area contributed by atoms with E-state index >= 15 is 0 Å². The minimum absolute atomic E-state index is 0.0596. The fourth-order valence-corrected chi connectivity index (χ4v) is 2.10. The number of rotatable bonds is 3. The molecule has 0 N–H and O–H groups in total. The van der Waals surface area contributed by atoms with Gasteiger partial charge in [0.15, 0.2) is 0 Å². The van der Waals surface area contributed by atoms with Crippen LogP contribution < -0.4 is 4.90 Å². The minimum Gasteiger partial charge on any atom is -0.307 e. The van der Waals surface area contributed by atoms with Crippen LogP contribution >= 0.6 is 11.6 Å². The molecule has 1 aromatic carbocycles. The average Bonchev–Trinajstić information content (AvgIpc) is 2.44. The van der Waals surface area contributed by atoms with Crippen molar-refractivity contribution in [3.05, 3.63) is 58.9 Å². The number of carbonyl (C=O) groups excluding carboxylic acids is 1. The van der Waals surface area contributed by atoms with Gasteiger partial charge in [-0.2, -0.15) is 0 Å². The Kier molecular flexibility index (Phi) is 4.17. The first-order chi connectivity index (χ1) is 9.13. The van der Waals surface area contributed by atoms with Crippen LogP contribution in [0.4, 0.5) is 5.69 Å². The van der Waals surface area contributed by atoms with Crippen LogP contribution in [0, 0.1) is 6.92 Å². The van der Waals surface area contributed by atoms with E-state index in [9.17, 15) is 4.79 Å². The molecule has 1 amide bonds. The summed E-state index contributed by atoms with van der Waals surface area (Å²) in [6.07, 6.45) is 1.58. The normalized spacial score (nSPS) is 10.3. The summed E-state index contributed by atoms with van der Waals surface area (Å²) >= 11 is 6.14. The zero-order valence-corrected chi connectivity index (χ0v) is 11.7. The smallest absolute Gasteiger partial charge is 0.258 e. The lowest BCUT2D eigenvalue weighted by atomic mass is 10.2. The van der Waals surface area contributed by atoms with E-state index in [0.717, 1.165) is 5.69 Å². The zero-order chi connectivity index (χ0) is 13.8. The molecule has 0 radical (unpaired) electrons. The van der Waals surface area contributed by atoms with Crippen molar-refractivity contribution in [2.24, 2.45) is 0 Å². The van der Waals surface area contributed by atoms with Crippen molar-refractivity contribution in [2.75, 3.05) is 11.4 Å². The van der Waals surface area contributed by atoms with Gasteiger partial charge in [0, 0.05) is 24.0 Å². The molecule has 98 valence electrons. The van der Waals surface area contributed by atoms with Gasteiger partial charge in [0.1, 0.15) is 0 Å². The van der Waals surface area contributed by atoms with E-state index in [1.807, 2.05) is 38.1 Å². The van der Waals surface area contributed by atoms with Crippen LogP contribution in [-0.2, 0) is 0 Å². The Morgan fingerprint density at radius 1 is 1.32 bits per heavy atom. The van der Waals surface area contributed by atoms with Crippen LogP contribution in [0.5, 0.6) is 0 Å². The third-order valence-corrected chi connectivity index (χ3v) is 3.14. The van der Waals surface area contributed by atoms with Gasteiger partial charge in [-0.3, -0.25) is 9.78 Å². The predicted octanol–water partition coefficient (Wildman–Crippen LogP) is 3.71. The molecule has 0 saturated carbocycles. The molecule has 0 saturated heterocycles. The van der Waals surface area contributed by atoms with Crippen LogP contribution in [0.3, 0.4) is 0 Å². The van der Waals surface area contributed by atoms with E-state index in [0.29, 0.717) is 22.8 Å². The zero-order valence-electron chi connectivity index (χ0n) is 10.9. The summed E-state index contributed by atoms with van der Waals surface area (Å²) in [5.41, 5.74) is 2.18. The van der Waals surface area contributed by atoms with E-state index in [-0.39, 0.29) is 5.91 Å². The highest BCUT2D eigenvalue weighted by Crippen LogP contribution is 2.26. The molecule has 3 nitrogen and oxygen atoms in total. The van der Waals surface area contributed by atoms with Crippen molar-refractivity contribution in [1.82, 2.24) is 4.98 Å². The van der Waals surface area contributed by atoms with E-state index in [4.69, 9.17) is 11.6 Å². The molecular formula is C15H15ClN2O. The molecule has 0 fully saturated rings. The molecule has 0 spiro atoms. The summed E-state index contributed by atoms with van der Waals surface area (Å²) < 4.78 is 0. The van der Waals surface area contributed by atoms with Crippen molar-refractivity contribution in [2.45, 2.75) is 13.8 Å². The minimum atomic E-state index is -0.0596. The number of benzene rings is 1. The lowest BCUT2D eigenvalue weighted by molar-refractivity contribution is 0.0988. The monoisotopic (exact) mass is 274 g/mol. The molecule has 1 heterocycles. The molecule has 0 aliphatic rings. The number of carbonyl (C=O) groups is 1. The summed E-state index contributed by atoms with van der Waals surface area (Å²) in [6.45, 7) is 4.35. The van der Waals surface area contributed by atoms with Crippen LogP contribution in [0.15, 0.2) is 42.6 Å². The largest absolute Gasteiger partial charge is 0.307 e. The van der Waals surface area contributed by atoms with Gasteiger partial charge in [-0.05, 0) is 32.0 Å². The molecule has 0 bridgehead atoms. The lowest BCUT2D eigenvalue weighted by Gasteiger charge is -2.22. The maximum atomic E-state index is 12.5. The van der Waals surface area contributed by atoms with E-state index < -0.39 is 0 Å². The van der Waals surface area contributed by atoms with E-state index in [1.165, 1.54) is 0 Å². The van der Waals surface area contributed by atoms with Crippen molar-refractivity contribution in [3.8, 4) is 0 Å². The van der Waals surface area contributed by atoms with Crippen molar-refractivity contribution >= 4 is 23.2 Å². The Morgan fingerprint density at radius 3 is 2.63 bits per heavy atom. The number of hydrogen-bond donors (Lipinski definition) is 0. The first kappa shape index (κ1) is 13.6. The molecule has 2 rings (SSSR count). The average molecular weight is 275 g/mol. The van der Waals surface area contributed by atoms with Gasteiger partial charge < -0.3 is 4.90 Å². The van der Waals surface area contributed by atoms with Crippen LogP contribution in [0.2, 0.25) is 5.02 Å². The Bertz CT molecular complexity index is 584. The number of aromatic nitrogens is 1. The second-order valence-corrected chi connectivity index (χ2v) is 4.60. The van der Waals surface area contributed by atoms with Gasteiger partial charge in [-0.1, -0.05) is 29.8 Å². The Balaban J connectivity index is 2.40. The van der Waals surface area contributed by atoms with E-state index in [1.54, 1.807) is 23.2 Å². The fraction of sp³-hybridized carbons (Fsp3) is 0.200. The van der Waals surface area contributed by atoms with Crippen molar-refractivity contribution in [1.29, 1.82) is 0 Å². The molecule has 1 aromatic heterocycles. The number of pyridine rings is 1. The summed E-state index contributed by atoms with van der Waals surface area (Å²) in [7, 11) is 0. The summed E-state index contributed by atoms with van der Waals surface area (Å²) in [5.74, 6) is -0.0596. The third-order valence-electron chi connectivity index (χ3n) is 2.84. The van der Waals surface area contributed by atoms with Gasteiger partial charge in [0.25, 0.3) is 5.91 Å². The van der Waals surface area contributed by atoms with Gasteiger partial charge in [-0.25, -0.2) is 0 Å². The highest BCUT2D eigenvalue weighted by Gasteiger charge is 2.18. The number of anilines is 1. The van der Waals surface area contributed by atoms with Gasteiger partial charge in [0.05, 0.1) is 10.7 Å². The molecule has 0 atom stereocenters. The molecule has 0 unspecified atom stereocenters. The van der Waals surface area contributed by atoms with Crippen molar-refractivity contribution in [3.63, 3.8) is 0 Å². The number of amides is 1. The number of nitrogens with zero attached hydrogens (tertiary/aromatic N) is 2. The number of halogens is 1. The summed E-state index contributed by atoms with van der Waals surface area (Å²) in [5, 5.41) is 0.483. The van der Waals surface area contributed by atoms with Crippen LogP contribution in [0.25, 0.3) is 0 Å². The second kappa shape index (κ2) is 5.85. The predicted molar refractivity (Wildman–Crippen MR) is 77.8 cm³/mol. The number of aryl methyl sites for hydroxylation is 1. The van der Waals surface area contributed by atoms with Crippen molar-refractivity contribution < 1.29 is 4.79 Å². The van der Waals surface area contributed by atoms with Gasteiger partial charge >= 0.3 is 0 Å². The molecule has 19 heavy (non-hydrogen) atoms. The Hall–Kier alpha value is -1.87. The van der Waals surface area contributed by atoms with Crippen LogP contribution in [-0.4, -0.2) is 17.4 Å². The molecule has 0 aliphatic carbocycles. The first-order valence-electron chi connectivity index (χ1n) is 6.12. The summed E-state index contributed by atoms with van der Waals surface area (Å²) in [6, 6.07) is 11.0. The quantitative estimate of drug-likeness (QED) is 0.855. The molecule has 0 aliphatic heterocycles. The molecule has 2 aromatic rings. The Morgan fingerprint density at radius 2 is 2.00 bits per heavy atom. The van der Waals surface area contributed by atoms with Gasteiger partial charge in [0.2, 0.25) is 0 Å². The second-order valence-electron chi connectivity index (χ2n) is 4.19. The molecule has 4 heteroatoms. The maximum Gasteiger partial charge on any atom is 0.258 e. The highest BCUT2D eigenvalue weighted by atomic mass is 35.5. The Labute approximate surface area is 117 Å². The lowest BCUT2D eigenvalue weighted by Crippen LogP contribution is -2.31. The highest BCUT2D eigenvalue weighted by molar-refractivity contribution is 6.34. The van der Waals surface area contributed by atoms with E-state index in [2.05, 4.69) is 4.98 Å². The summed E-state index contributed by atoms with van der Waals surface area (Å²) in [4.78, 5) is 18.3. The topological polar surface area (TPSA) is 33.2 Å². The third kappa shape index (κ3) is 2.93. The van der Waals surface area contributed by atoms with Crippen LogP contribution in [0.1, 0.15) is 23.0 Å². The SMILES string of the molecule is CCN(C(=O)c1ccccc1)c1cc(C)ncc1Cl. The standard InChI is InChI=1S/C15H15ClN2O/c1-3-18(14-9-11(2)17-10-13(14)16)15(19)12-7-5-4-6-8-12/h4-10H,3H2,1-2H3. The fourth-order valence-electron chi connectivity index (χ4n) is 1.90. The number of hydrogen-bond acceptors (Lipinski definition) is 2. The molecular weight excluding hydrogens is 260 g/mol. The first-order valence-corrected chi connectivity index (χ1v) is 6.50.